The predicted molar refractivity (Wildman–Crippen MR) is 61.8 cm³/mol. The van der Waals surface area contributed by atoms with Gasteiger partial charge in [0.05, 0.1) is 5.92 Å². The summed E-state index contributed by atoms with van der Waals surface area (Å²) in [4.78, 5) is 33.8. The highest BCUT2D eigenvalue weighted by Crippen LogP contribution is 2.15. The van der Waals surface area contributed by atoms with Crippen molar-refractivity contribution >= 4 is 17.5 Å². The third-order valence-electron chi connectivity index (χ3n) is 2.51. The lowest BCUT2D eigenvalue weighted by atomic mass is 9.90. The Morgan fingerprint density at radius 3 is 2.24 bits per heavy atom. The van der Waals surface area contributed by atoms with E-state index in [1.165, 1.54) is 6.92 Å². The van der Waals surface area contributed by atoms with Crippen LogP contribution in [0.1, 0.15) is 30.1 Å². The van der Waals surface area contributed by atoms with Gasteiger partial charge in [0.25, 0.3) is 0 Å². The van der Waals surface area contributed by atoms with Crippen LogP contribution in [0.3, 0.4) is 0 Å². The minimum absolute atomic E-state index is 0.0540. The van der Waals surface area contributed by atoms with E-state index in [0.29, 0.717) is 5.56 Å². The van der Waals surface area contributed by atoms with E-state index in [2.05, 4.69) is 0 Å². The highest BCUT2D eigenvalue weighted by molar-refractivity contribution is 6.10. The van der Waals surface area contributed by atoms with Crippen LogP contribution in [0.2, 0.25) is 0 Å². The summed E-state index contributed by atoms with van der Waals surface area (Å²) in [5.74, 6) is -2.45. The summed E-state index contributed by atoms with van der Waals surface area (Å²) in [5, 5.41) is 8.57. The third-order valence-corrected chi connectivity index (χ3v) is 2.51. The van der Waals surface area contributed by atoms with Crippen molar-refractivity contribution in [3.05, 3.63) is 35.9 Å². The van der Waals surface area contributed by atoms with E-state index in [1.54, 1.807) is 30.3 Å². The van der Waals surface area contributed by atoms with Gasteiger partial charge in [0.1, 0.15) is 5.78 Å². The Kier molecular flexibility index (Phi) is 4.57. The van der Waals surface area contributed by atoms with E-state index < -0.39 is 11.9 Å². The van der Waals surface area contributed by atoms with Crippen LogP contribution in [0.15, 0.2) is 30.3 Å². The lowest BCUT2D eigenvalue weighted by Gasteiger charge is -2.11. The molecule has 0 aromatic heterocycles. The van der Waals surface area contributed by atoms with Gasteiger partial charge in [-0.25, -0.2) is 0 Å². The average Bonchev–Trinajstić information content (AvgIpc) is 2.29. The maximum atomic E-state index is 12.0. The van der Waals surface area contributed by atoms with Gasteiger partial charge in [-0.3, -0.25) is 14.4 Å². The summed E-state index contributed by atoms with van der Waals surface area (Å²) >= 11 is 0. The highest BCUT2D eigenvalue weighted by atomic mass is 16.4. The first kappa shape index (κ1) is 13.1. The molecule has 0 spiro atoms. The molecule has 0 bridgehead atoms. The van der Waals surface area contributed by atoms with Crippen molar-refractivity contribution in [3.63, 3.8) is 0 Å². The predicted octanol–water partition coefficient (Wildman–Crippen LogP) is 1.94. The van der Waals surface area contributed by atoms with Crippen LogP contribution >= 0.6 is 0 Å². The molecule has 0 radical (unpaired) electrons. The number of carboxylic acid groups (broad SMARTS) is 1. The van der Waals surface area contributed by atoms with E-state index in [1.807, 2.05) is 0 Å². The molecular weight excluding hydrogens is 220 g/mol. The lowest BCUT2D eigenvalue weighted by molar-refractivity contribution is -0.137. The fourth-order valence-corrected chi connectivity index (χ4v) is 1.59. The molecule has 0 saturated carbocycles. The van der Waals surface area contributed by atoms with E-state index in [9.17, 15) is 14.4 Å². The third kappa shape index (κ3) is 3.83. The molecule has 1 aromatic carbocycles. The maximum absolute atomic E-state index is 12.0. The molecule has 1 unspecified atom stereocenters. The molecule has 0 fully saturated rings. The quantitative estimate of drug-likeness (QED) is 0.603. The molecule has 1 aromatic rings. The number of carbonyl (C=O) groups excluding carboxylic acids is 2. The van der Waals surface area contributed by atoms with Crippen LogP contribution in [0.25, 0.3) is 0 Å². The molecule has 0 aliphatic carbocycles. The zero-order chi connectivity index (χ0) is 12.8. The Hall–Kier alpha value is -1.97. The second kappa shape index (κ2) is 5.94. The van der Waals surface area contributed by atoms with Crippen molar-refractivity contribution in [2.75, 3.05) is 0 Å². The van der Waals surface area contributed by atoms with Crippen LogP contribution in [-0.2, 0) is 9.59 Å². The number of Topliss-reactive ketones (excluding diaryl/α,β-unsaturated/α-hetero) is 2. The van der Waals surface area contributed by atoms with Crippen molar-refractivity contribution in [2.24, 2.45) is 5.92 Å². The van der Waals surface area contributed by atoms with Crippen molar-refractivity contribution in [1.82, 2.24) is 0 Å². The normalized spacial score (nSPS) is 11.8. The van der Waals surface area contributed by atoms with Crippen molar-refractivity contribution < 1.29 is 19.5 Å². The average molecular weight is 234 g/mol. The smallest absolute Gasteiger partial charge is 0.303 e. The first-order valence-electron chi connectivity index (χ1n) is 5.34. The van der Waals surface area contributed by atoms with E-state index in [4.69, 9.17) is 5.11 Å². The Morgan fingerprint density at radius 1 is 1.18 bits per heavy atom. The van der Waals surface area contributed by atoms with Crippen LogP contribution in [0.5, 0.6) is 0 Å². The summed E-state index contributed by atoms with van der Waals surface area (Å²) in [5.41, 5.74) is 0.443. The number of aliphatic carboxylic acids is 1. The summed E-state index contributed by atoms with van der Waals surface area (Å²) < 4.78 is 0. The topological polar surface area (TPSA) is 71.4 Å². The van der Waals surface area contributed by atoms with Crippen molar-refractivity contribution in [2.45, 2.75) is 19.8 Å². The number of rotatable bonds is 6. The molecule has 0 heterocycles. The number of ketones is 2. The fraction of sp³-hybridized carbons (Fsp3) is 0.308. The van der Waals surface area contributed by atoms with E-state index >= 15 is 0 Å². The number of carbonyl (C=O) groups is 3. The van der Waals surface area contributed by atoms with Gasteiger partial charge in [0, 0.05) is 12.0 Å². The second-order valence-corrected chi connectivity index (χ2v) is 3.83. The minimum atomic E-state index is -1.00. The van der Waals surface area contributed by atoms with Crippen molar-refractivity contribution in [3.8, 4) is 0 Å². The van der Waals surface area contributed by atoms with Gasteiger partial charge in [-0.15, -0.1) is 0 Å². The monoisotopic (exact) mass is 234 g/mol. The van der Waals surface area contributed by atoms with Gasteiger partial charge in [0.2, 0.25) is 0 Å². The molecule has 0 aliphatic heterocycles. The van der Waals surface area contributed by atoms with E-state index in [-0.39, 0.29) is 24.4 Å². The molecule has 90 valence electrons. The molecule has 4 nitrogen and oxygen atoms in total. The number of benzene rings is 1. The van der Waals surface area contributed by atoms with Gasteiger partial charge < -0.3 is 5.11 Å². The van der Waals surface area contributed by atoms with Gasteiger partial charge in [0.15, 0.2) is 5.78 Å². The van der Waals surface area contributed by atoms with Crippen molar-refractivity contribution in [1.29, 1.82) is 0 Å². The first-order chi connectivity index (χ1) is 8.02. The summed E-state index contributed by atoms with van der Waals surface area (Å²) in [7, 11) is 0. The SMILES string of the molecule is CC(=O)C(CCC(=O)O)C(=O)c1ccccc1. The molecule has 1 N–H and O–H groups in total. The Morgan fingerprint density at radius 2 is 1.76 bits per heavy atom. The minimum Gasteiger partial charge on any atom is -0.481 e. The summed E-state index contributed by atoms with van der Waals surface area (Å²) in [6.45, 7) is 1.31. The first-order valence-corrected chi connectivity index (χ1v) is 5.34. The molecule has 17 heavy (non-hydrogen) atoms. The van der Waals surface area contributed by atoms with Crippen LogP contribution < -0.4 is 0 Å². The molecule has 0 saturated heterocycles. The standard InChI is InChI=1S/C13H14O4/c1-9(14)11(7-8-12(15)16)13(17)10-5-3-2-4-6-10/h2-6,11H,7-8H2,1H3,(H,15,16). The Balaban J connectivity index is 2.81. The Bertz CT molecular complexity index is 422. The fourth-order valence-electron chi connectivity index (χ4n) is 1.59. The Labute approximate surface area is 99.3 Å². The lowest BCUT2D eigenvalue weighted by Crippen LogP contribution is -2.23. The largest absolute Gasteiger partial charge is 0.481 e. The maximum Gasteiger partial charge on any atom is 0.303 e. The van der Waals surface area contributed by atoms with Crippen LogP contribution in [0.4, 0.5) is 0 Å². The number of hydrogen-bond donors (Lipinski definition) is 1. The summed E-state index contributed by atoms with van der Waals surface area (Å²) in [6.07, 6.45) is -0.124. The van der Waals surface area contributed by atoms with Gasteiger partial charge in [-0.2, -0.15) is 0 Å². The molecule has 0 amide bonds. The molecule has 4 heteroatoms. The van der Waals surface area contributed by atoms with E-state index in [0.717, 1.165) is 0 Å². The van der Waals surface area contributed by atoms with Crippen LogP contribution in [-0.4, -0.2) is 22.6 Å². The van der Waals surface area contributed by atoms with Gasteiger partial charge >= 0.3 is 5.97 Å². The second-order valence-electron chi connectivity index (χ2n) is 3.83. The van der Waals surface area contributed by atoms with Crippen LogP contribution in [0, 0.1) is 5.92 Å². The zero-order valence-electron chi connectivity index (χ0n) is 9.55. The molecule has 1 atom stereocenters. The summed E-state index contributed by atoms with van der Waals surface area (Å²) in [6, 6.07) is 8.44. The highest BCUT2D eigenvalue weighted by Gasteiger charge is 2.24. The molecule has 1 rings (SSSR count). The number of carboxylic acids is 1. The number of hydrogen-bond acceptors (Lipinski definition) is 3. The zero-order valence-corrected chi connectivity index (χ0v) is 9.55. The van der Waals surface area contributed by atoms with Gasteiger partial charge in [-0.1, -0.05) is 30.3 Å². The molecule has 0 aliphatic rings. The van der Waals surface area contributed by atoms with Gasteiger partial charge in [-0.05, 0) is 13.3 Å². The molecular formula is C13H14O4.